The Kier molecular flexibility index (Phi) is 28.9. The standard InChI is InChI=1S/C72H86N12O17S/c1-40(2)33-51(41(3)85)78-65(94)50(29-30-60(89)90)77-68(97)54(36-61(91)92)81-64(93)49(22-14-15-31-73)76-66(95)52(34-43-17-8-6-9-18-43)79-67(96)53(35-44-19-10-7-11-20-44)80-69(98)55(74-42(4)86)39-102-57-37-59(88)84(72(57)101)32-16-24-58(87)75-46-27-25-45(26-28-46)62-63(71(100)82-70(62)99)48-38-83(5)56-23-13-12-21-47(48)56/h6-13,17-21,23,25-28,38,40,49-55,57H,14-16,22,24,29-37,39,73H2,1-5H3,(H,74,86)(H,75,87)(H,76,95)(H,77,97)(H,78,94)(H,79,96)(H,80,98)(H,81,93)(H,89,90)(H,91,92)(H,82,99,100). The molecule has 2 aliphatic heterocycles. The fraction of sp³-hybridized carbons (Fsp3) is 0.403. The van der Waals surface area contributed by atoms with Gasteiger partial charge in [-0.2, -0.15) is 0 Å². The molecule has 0 saturated carbocycles. The number of hydrogen-bond acceptors (Lipinski definition) is 17. The van der Waals surface area contributed by atoms with Crippen LogP contribution in [0.5, 0.6) is 0 Å². The van der Waals surface area contributed by atoms with E-state index in [9.17, 15) is 82.1 Å². The van der Waals surface area contributed by atoms with E-state index >= 15 is 0 Å². The van der Waals surface area contributed by atoms with Gasteiger partial charge in [0.25, 0.3) is 11.8 Å². The van der Waals surface area contributed by atoms with Crippen LogP contribution in [0.25, 0.3) is 22.0 Å². The number of likely N-dealkylation sites (tertiary alicyclic amines) is 1. The molecule has 102 heavy (non-hydrogen) atoms. The van der Waals surface area contributed by atoms with Crippen LogP contribution in [0.1, 0.15) is 114 Å². The summed E-state index contributed by atoms with van der Waals surface area (Å²) in [6, 6.07) is 20.3. The van der Waals surface area contributed by atoms with Crippen LogP contribution < -0.4 is 53.6 Å². The number of imide groups is 2. The molecule has 4 aromatic carbocycles. The van der Waals surface area contributed by atoms with Crippen molar-refractivity contribution in [3.63, 3.8) is 0 Å². The second-order valence-corrected chi connectivity index (χ2v) is 26.6. The molecule has 1 aromatic heterocycles. The zero-order chi connectivity index (χ0) is 74.3. The molecule has 2 aliphatic rings. The van der Waals surface area contributed by atoms with Gasteiger partial charge in [-0.25, -0.2) is 0 Å². The number of aromatic nitrogens is 1. The summed E-state index contributed by atoms with van der Waals surface area (Å²) >= 11 is 0.913. The maximum absolute atomic E-state index is 14.8. The van der Waals surface area contributed by atoms with Gasteiger partial charge in [-0.05, 0) is 92.8 Å². The van der Waals surface area contributed by atoms with Gasteiger partial charge in [-0.1, -0.05) is 105 Å². The zero-order valence-corrected chi connectivity index (χ0v) is 58.0. The number of carbonyl (C=O) groups is 15. The van der Waals surface area contributed by atoms with E-state index in [1.54, 1.807) is 105 Å². The maximum atomic E-state index is 14.8. The summed E-state index contributed by atoms with van der Waals surface area (Å²) in [6.45, 7) is 6.03. The number of fused-ring (bicyclic) bond motifs is 1. The van der Waals surface area contributed by atoms with E-state index in [-0.39, 0.29) is 87.3 Å². The highest BCUT2D eigenvalue weighted by Crippen LogP contribution is 2.36. The molecule has 5 aromatic rings. The second-order valence-electron chi connectivity index (χ2n) is 25.4. The predicted molar refractivity (Wildman–Crippen MR) is 376 cm³/mol. The number of nitrogens with two attached hydrogens (primary N) is 1. The minimum Gasteiger partial charge on any atom is -0.481 e. The number of hydrogen-bond donors (Lipinski definition) is 12. The fourth-order valence-electron chi connectivity index (χ4n) is 11.8. The van der Waals surface area contributed by atoms with Crippen LogP contribution in [0, 0.1) is 5.92 Å². The van der Waals surface area contributed by atoms with Crippen molar-refractivity contribution in [3.8, 4) is 0 Å². The molecule has 8 unspecified atom stereocenters. The lowest BCUT2D eigenvalue weighted by molar-refractivity contribution is -0.142. The molecule has 29 nitrogen and oxygen atoms in total. The lowest BCUT2D eigenvalue weighted by Crippen LogP contribution is -2.60. The van der Waals surface area contributed by atoms with Gasteiger partial charge >= 0.3 is 11.9 Å². The number of benzene rings is 4. The molecule has 13 N–H and O–H groups in total. The summed E-state index contributed by atoms with van der Waals surface area (Å²) in [6.07, 6.45) is -0.437. The lowest BCUT2D eigenvalue weighted by atomic mass is 9.96. The molecule has 542 valence electrons. The number of rotatable bonds is 39. The number of carboxylic acid groups (broad SMARTS) is 2. The number of carbonyl (C=O) groups excluding carboxylic acids is 13. The van der Waals surface area contributed by atoms with Crippen molar-refractivity contribution in [2.45, 2.75) is 152 Å². The van der Waals surface area contributed by atoms with Crippen LogP contribution in [0.4, 0.5) is 5.69 Å². The SMILES string of the molecule is CC(=O)NC(CSC1CC(=O)N(CCCC(=O)Nc2ccc(C3=C(c4cn(C)c5ccccc45)C(=O)NC3=O)cc2)C1=O)C(=O)NC(Cc1ccccc1)C(=O)NC(Cc1ccccc1)C(=O)NC(CCCCN)C(=O)NC(CC(=O)O)C(=O)NC(CCC(=O)O)C(=O)NC(CC(C)C)C(C)=O. The van der Waals surface area contributed by atoms with E-state index in [4.69, 9.17) is 5.73 Å². The third kappa shape index (κ3) is 22.6. The molecule has 12 amide bonds. The van der Waals surface area contributed by atoms with Crippen molar-refractivity contribution in [2.24, 2.45) is 18.7 Å². The van der Waals surface area contributed by atoms with Crippen LogP contribution >= 0.6 is 11.8 Å². The van der Waals surface area contributed by atoms with Gasteiger partial charge in [0.15, 0.2) is 5.78 Å². The molecule has 1 saturated heterocycles. The Morgan fingerprint density at radius 2 is 1.10 bits per heavy atom. The van der Waals surface area contributed by atoms with Gasteiger partial charge in [0.2, 0.25) is 59.1 Å². The number of aliphatic carboxylic acids is 2. The van der Waals surface area contributed by atoms with Gasteiger partial charge in [0.05, 0.1) is 28.9 Å². The molecule has 0 bridgehead atoms. The Hall–Kier alpha value is -10.9. The number of amides is 12. The second kappa shape index (κ2) is 37.5. The van der Waals surface area contributed by atoms with Crippen LogP contribution in [0.2, 0.25) is 0 Å². The Bertz CT molecular complexity index is 3990. The number of unbranched alkanes of at least 4 members (excludes halogenated alkanes) is 1. The predicted octanol–water partition coefficient (Wildman–Crippen LogP) is 2.33. The average molecular weight is 1420 g/mol. The first-order valence-corrected chi connectivity index (χ1v) is 34.5. The lowest BCUT2D eigenvalue weighted by Gasteiger charge is -2.28. The Balaban J connectivity index is 1.01. The Morgan fingerprint density at radius 1 is 0.578 bits per heavy atom. The van der Waals surface area contributed by atoms with Crippen molar-refractivity contribution >= 4 is 128 Å². The molecule has 1 fully saturated rings. The van der Waals surface area contributed by atoms with E-state index in [2.05, 4.69) is 47.9 Å². The number of nitrogens with zero attached hydrogens (tertiary/aromatic N) is 2. The van der Waals surface area contributed by atoms with Gasteiger partial charge in [-0.15, -0.1) is 11.8 Å². The van der Waals surface area contributed by atoms with Crippen molar-refractivity contribution < 1.29 is 82.1 Å². The first-order valence-electron chi connectivity index (χ1n) is 33.4. The number of nitrogens with one attached hydrogen (secondary N) is 9. The summed E-state index contributed by atoms with van der Waals surface area (Å²) in [4.78, 5) is 203. The zero-order valence-electron chi connectivity index (χ0n) is 57.2. The van der Waals surface area contributed by atoms with Gasteiger partial charge < -0.3 is 63.0 Å². The smallest absolute Gasteiger partial charge is 0.305 e. The Morgan fingerprint density at radius 3 is 1.66 bits per heavy atom. The van der Waals surface area contributed by atoms with Crippen molar-refractivity contribution in [1.82, 2.24) is 52.0 Å². The number of Topliss-reactive ketones (excluding diaryl/α,β-unsaturated/α-hetero) is 1. The molecule has 0 radical (unpaired) electrons. The van der Waals surface area contributed by atoms with Crippen molar-refractivity contribution in [3.05, 3.63) is 138 Å². The van der Waals surface area contributed by atoms with Crippen molar-refractivity contribution in [1.29, 1.82) is 0 Å². The molecule has 7 rings (SSSR count). The molecule has 8 atom stereocenters. The molecule has 30 heteroatoms. The third-order valence-electron chi connectivity index (χ3n) is 16.9. The van der Waals surface area contributed by atoms with E-state index in [1.165, 1.54) is 6.92 Å². The Labute approximate surface area is 592 Å². The summed E-state index contributed by atoms with van der Waals surface area (Å²) in [5.41, 5.74) is 9.55. The summed E-state index contributed by atoms with van der Waals surface area (Å²) < 4.78 is 1.87. The largest absolute Gasteiger partial charge is 0.481 e. The number of ketones is 1. The summed E-state index contributed by atoms with van der Waals surface area (Å²) in [5, 5.41) is 42.2. The normalized spacial score (nSPS) is 15.6. The van der Waals surface area contributed by atoms with Crippen LogP contribution in [0.3, 0.4) is 0 Å². The number of para-hydroxylation sites is 1. The van der Waals surface area contributed by atoms with Gasteiger partial charge in [0.1, 0.15) is 36.3 Å². The highest BCUT2D eigenvalue weighted by Gasteiger charge is 2.41. The number of aryl methyl sites for hydroxylation is 1. The van der Waals surface area contributed by atoms with Gasteiger partial charge in [0, 0.05) is 86.7 Å². The van der Waals surface area contributed by atoms with E-state index in [0.29, 0.717) is 34.4 Å². The maximum Gasteiger partial charge on any atom is 0.305 e. The van der Waals surface area contributed by atoms with E-state index in [0.717, 1.165) is 34.5 Å². The minimum atomic E-state index is -1.92. The minimum absolute atomic E-state index is 0.0656. The van der Waals surface area contributed by atoms with Crippen molar-refractivity contribution in [2.75, 3.05) is 24.2 Å². The average Bonchev–Trinajstić information content (AvgIpc) is 1.61. The van der Waals surface area contributed by atoms with Crippen LogP contribution in [0.15, 0.2) is 115 Å². The molecule has 3 heterocycles. The number of anilines is 1. The highest BCUT2D eigenvalue weighted by atomic mass is 32.2. The third-order valence-corrected chi connectivity index (χ3v) is 18.2. The summed E-state index contributed by atoms with van der Waals surface area (Å²) in [7, 11) is 1.84. The van der Waals surface area contributed by atoms with E-state index < -0.39 is 155 Å². The highest BCUT2D eigenvalue weighted by molar-refractivity contribution is 8.00. The first-order chi connectivity index (χ1) is 48.6. The quantitative estimate of drug-likeness (QED) is 0.0198. The fourth-order valence-corrected chi connectivity index (χ4v) is 13.0. The number of carboxylic acids is 2. The van der Waals surface area contributed by atoms with E-state index in [1.807, 2.05) is 35.9 Å². The molecular formula is C72H86N12O17S. The first kappa shape index (κ1) is 78.5. The molecule has 0 spiro atoms. The van der Waals surface area contributed by atoms with Crippen LogP contribution in [-0.2, 0) is 91.8 Å². The molecular weight excluding hydrogens is 1340 g/mol. The molecule has 0 aliphatic carbocycles. The number of thioether (sulfide) groups is 1. The summed E-state index contributed by atoms with van der Waals surface area (Å²) in [5.74, 6) is -12.9. The van der Waals surface area contributed by atoms with Gasteiger partial charge in [-0.3, -0.25) is 82.1 Å². The monoisotopic (exact) mass is 1420 g/mol. The van der Waals surface area contributed by atoms with Crippen LogP contribution in [-0.4, -0.2) is 175 Å². The topological polar surface area (TPSA) is 439 Å².